The first-order chi connectivity index (χ1) is 11.3. The van der Waals surface area contributed by atoms with Gasteiger partial charge in [-0.25, -0.2) is 4.79 Å². The first-order valence-electron chi connectivity index (χ1n) is 7.97. The molecule has 2 unspecified atom stereocenters. The van der Waals surface area contributed by atoms with Gasteiger partial charge in [0.25, 0.3) is 0 Å². The standard InChI is InChI=1S/C16H20F3N3OS/c17-16(18,19)10-3-9(8-20)4-11(5-10)21-15(23)22-12-6-13-1-2-14(7-12)24-13/h3-5,12-14H,1-2,6-8,20H2,(H2,21,22,23). The normalized spacial score (nSPS) is 26.2. The Kier molecular flexibility index (Phi) is 4.96. The summed E-state index contributed by atoms with van der Waals surface area (Å²) in [5.74, 6) is 0. The number of carbonyl (C=O) groups excluding carboxylic acids is 1. The number of anilines is 1. The Morgan fingerprint density at radius 3 is 2.46 bits per heavy atom. The second kappa shape index (κ2) is 6.84. The van der Waals surface area contributed by atoms with E-state index < -0.39 is 17.8 Å². The molecule has 132 valence electrons. The van der Waals surface area contributed by atoms with Gasteiger partial charge in [-0.2, -0.15) is 24.9 Å². The highest BCUT2D eigenvalue weighted by atomic mass is 32.2. The maximum atomic E-state index is 12.9. The summed E-state index contributed by atoms with van der Waals surface area (Å²) >= 11 is 1.99. The quantitative estimate of drug-likeness (QED) is 0.771. The molecule has 2 saturated heterocycles. The minimum atomic E-state index is -4.47. The molecule has 0 saturated carbocycles. The van der Waals surface area contributed by atoms with Gasteiger partial charge in [0.05, 0.1) is 5.56 Å². The fourth-order valence-electron chi connectivity index (χ4n) is 3.37. The van der Waals surface area contributed by atoms with Crippen LogP contribution >= 0.6 is 11.8 Å². The van der Waals surface area contributed by atoms with Crippen LogP contribution in [-0.2, 0) is 12.7 Å². The van der Waals surface area contributed by atoms with Crippen LogP contribution in [0, 0.1) is 0 Å². The third-order valence-electron chi connectivity index (χ3n) is 4.44. The number of amides is 2. The number of rotatable bonds is 3. The third-order valence-corrected chi connectivity index (χ3v) is 6.07. The number of fused-ring (bicyclic) bond motifs is 2. The van der Waals surface area contributed by atoms with Crippen molar-refractivity contribution in [3.8, 4) is 0 Å². The molecular weight excluding hydrogens is 339 g/mol. The van der Waals surface area contributed by atoms with E-state index in [2.05, 4.69) is 10.6 Å². The van der Waals surface area contributed by atoms with E-state index in [0.29, 0.717) is 16.1 Å². The zero-order valence-electron chi connectivity index (χ0n) is 13.0. The Balaban J connectivity index is 1.65. The maximum absolute atomic E-state index is 12.9. The molecule has 3 rings (SSSR count). The highest BCUT2D eigenvalue weighted by Gasteiger charge is 2.35. The lowest BCUT2D eigenvalue weighted by Crippen LogP contribution is -2.41. The number of benzene rings is 1. The van der Waals surface area contributed by atoms with Gasteiger partial charge in [-0.05, 0) is 49.4 Å². The molecule has 1 aromatic carbocycles. The lowest BCUT2D eigenvalue weighted by atomic mass is 10.1. The van der Waals surface area contributed by atoms with Crippen LogP contribution in [-0.4, -0.2) is 22.6 Å². The van der Waals surface area contributed by atoms with Gasteiger partial charge >= 0.3 is 12.2 Å². The lowest BCUT2D eigenvalue weighted by Gasteiger charge is -2.28. The van der Waals surface area contributed by atoms with E-state index in [4.69, 9.17) is 5.73 Å². The molecule has 1 aromatic rings. The number of hydrogen-bond acceptors (Lipinski definition) is 3. The molecule has 0 spiro atoms. The Morgan fingerprint density at radius 1 is 1.21 bits per heavy atom. The monoisotopic (exact) mass is 359 g/mol. The summed E-state index contributed by atoms with van der Waals surface area (Å²) in [4.78, 5) is 12.1. The van der Waals surface area contributed by atoms with Gasteiger partial charge in [0, 0.05) is 28.8 Å². The highest BCUT2D eigenvalue weighted by Crippen LogP contribution is 2.43. The molecule has 2 fully saturated rings. The fraction of sp³-hybridized carbons (Fsp3) is 0.562. The van der Waals surface area contributed by atoms with Crippen molar-refractivity contribution in [1.29, 1.82) is 0 Å². The van der Waals surface area contributed by atoms with Crippen molar-refractivity contribution < 1.29 is 18.0 Å². The van der Waals surface area contributed by atoms with Crippen molar-refractivity contribution in [2.75, 3.05) is 5.32 Å². The van der Waals surface area contributed by atoms with Crippen molar-refractivity contribution in [3.05, 3.63) is 29.3 Å². The molecule has 2 bridgehead atoms. The molecule has 4 nitrogen and oxygen atoms in total. The minimum Gasteiger partial charge on any atom is -0.335 e. The summed E-state index contributed by atoms with van der Waals surface area (Å²) in [5, 5.41) is 6.58. The Bertz CT molecular complexity index is 611. The second-order valence-electron chi connectivity index (χ2n) is 6.34. The minimum absolute atomic E-state index is 0.0244. The molecule has 0 aliphatic carbocycles. The number of alkyl halides is 3. The van der Waals surface area contributed by atoms with Crippen molar-refractivity contribution in [2.45, 2.75) is 54.9 Å². The molecule has 2 atom stereocenters. The van der Waals surface area contributed by atoms with E-state index in [9.17, 15) is 18.0 Å². The smallest absolute Gasteiger partial charge is 0.335 e. The Morgan fingerprint density at radius 2 is 1.88 bits per heavy atom. The van der Waals surface area contributed by atoms with Gasteiger partial charge in [-0.3, -0.25) is 0 Å². The average molecular weight is 359 g/mol. The molecule has 24 heavy (non-hydrogen) atoms. The lowest BCUT2D eigenvalue weighted by molar-refractivity contribution is -0.137. The SMILES string of the molecule is NCc1cc(NC(=O)NC2CC3CCC(C2)S3)cc(C(F)(F)F)c1. The Labute approximate surface area is 142 Å². The number of nitrogens with two attached hydrogens (primary N) is 1. The van der Waals surface area contributed by atoms with Crippen LogP contribution in [0.1, 0.15) is 36.8 Å². The first-order valence-corrected chi connectivity index (χ1v) is 8.92. The van der Waals surface area contributed by atoms with Crippen molar-refractivity contribution in [1.82, 2.24) is 5.32 Å². The molecule has 0 radical (unpaired) electrons. The van der Waals surface area contributed by atoms with Gasteiger partial charge in [-0.15, -0.1) is 0 Å². The van der Waals surface area contributed by atoms with Crippen LogP contribution in [0.3, 0.4) is 0 Å². The summed E-state index contributed by atoms with van der Waals surface area (Å²) in [6, 6.07) is 3.02. The van der Waals surface area contributed by atoms with E-state index in [0.717, 1.165) is 25.0 Å². The zero-order chi connectivity index (χ0) is 17.3. The van der Waals surface area contributed by atoms with Crippen LogP contribution in [0.15, 0.2) is 18.2 Å². The van der Waals surface area contributed by atoms with E-state index in [-0.39, 0.29) is 18.3 Å². The topological polar surface area (TPSA) is 67.1 Å². The summed E-state index contributed by atoms with van der Waals surface area (Å²) in [7, 11) is 0. The summed E-state index contributed by atoms with van der Waals surface area (Å²) in [6.07, 6.45) is -0.264. The molecule has 0 aromatic heterocycles. The predicted molar refractivity (Wildman–Crippen MR) is 88.9 cm³/mol. The second-order valence-corrected chi connectivity index (χ2v) is 7.95. The number of hydrogen-bond donors (Lipinski definition) is 3. The molecule has 2 amide bonds. The maximum Gasteiger partial charge on any atom is 0.416 e. The molecule has 2 aliphatic rings. The zero-order valence-corrected chi connectivity index (χ0v) is 13.8. The molecular formula is C16H20F3N3OS. The van der Waals surface area contributed by atoms with Gasteiger partial charge in [0.15, 0.2) is 0 Å². The summed E-state index contributed by atoms with van der Waals surface area (Å²) in [5.41, 5.74) is 5.07. The van der Waals surface area contributed by atoms with E-state index >= 15 is 0 Å². The largest absolute Gasteiger partial charge is 0.416 e. The van der Waals surface area contributed by atoms with E-state index in [1.165, 1.54) is 18.9 Å². The van der Waals surface area contributed by atoms with Crippen molar-refractivity contribution in [3.63, 3.8) is 0 Å². The van der Waals surface area contributed by atoms with Crippen LogP contribution in [0.5, 0.6) is 0 Å². The first kappa shape index (κ1) is 17.4. The highest BCUT2D eigenvalue weighted by molar-refractivity contribution is 8.00. The van der Waals surface area contributed by atoms with Crippen molar-refractivity contribution >= 4 is 23.5 Å². The van der Waals surface area contributed by atoms with Crippen LogP contribution < -0.4 is 16.4 Å². The third kappa shape index (κ3) is 4.16. The number of halogens is 3. The fourth-order valence-corrected chi connectivity index (χ4v) is 5.15. The molecule has 4 N–H and O–H groups in total. The summed E-state index contributed by atoms with van der Waals surface area (Å²) in [6.45, 7) is -0.0244. The van der Waals surface area contributed by atoms with Gasteiger partial charge in [0.1, 0.15) is 0 Å². The van der Waals surface area contributed by atoms with Crippen LogP contribution in [0.4, 0.5) is 23.7 Å². The van der Waals surface area contributed by atoms with E-state index in [1.54, 1.807) is 0 Å². The average Bonchev–Trinajstić information content (AvgIpc) is 2.84. The molecule has 8 heteroatoms. The van der Waals surface area contributed by atoms with Crippen LogP contribution in [0.25, 0.3) is 0 Å². The summed E-state index contributed by atoms with van der Waals surface area (Å²) < 4.78 is 38.7. The van der Waals surface area contributed by atoms with Gasteiger partial charge in [0.2, 0.25) is 0 Å². The van der Waals surface area contributed by atoms with Gasteiger partial charge < -0.3 is 16.4 Å². The van der Waals surface area contributed by atoms with Crippen LogP contribution in [0.2, 0.25) is 0 Å². The predicted octanol–water partition coefficient (Wildman–Crippen LogP) is 3.71. The Hall–Kier alpha value is -1.41. The van der Waals surface area contributed by atoms with Gasteiger partial charge in [-0.1, -0.05) is 0 Å². The molecule has 2 heterocycles. The number of thioether (sulfide) groups is 1. The molecule has 2 aliphatic heterocycles. The van der Waals surface area contributed by atoms with Crippen molar-refractivity contribution in [2.24, 2.45) is 5.73 Å². The number of nitrogens with one attached hydrogen (secondary N) is 2. The van der Waals surface area contributed by atoms with E-state index in [1.807, 2.05) is 11.8 Å². The number of carbonyl (C=O) groups is 1. The number of urea groups is 1.